The van der Waals surface area contributed by atoms with Gasteiger partial charge in [0.05, 0.1) is 31.7 Å². The molecule has 1 aromatic rings. The van der Waals surface area contributed by atoms with Crippen LogP contribution in [0.5, 0.6) is 5.75 Å². The summed E-state index contributed by atoms with van der Waals surface area (Å²) in [6.45, 7) is 3.94. The Balaban J connectivity index is 2.11. The molecule has 27 heavy (non-hydrogen) atoms. The third-order valence-corrected chi connectivity index (χ3v) is 3.93. The lowest BCUT2D eigenvalue weighted by Gasteiger charge is -2.29. The van der Waals surface area contributed by atoms with Crippen LogP contribution in [0.1, 0.15) is 43.5 Å². The molecular formula is C19H23NO7. The van der Waals surface area contributed by atoms with Gasteiger partial charge in [-0.2, -0.15) is 0 Å². The minimum absolute atomic E-state index is 0.00817. The molecule has 0 fully saturated rings. The summed E-state index contributed by atoms with van der Waals surface area (Å²) >= 11 is 0. The molecule has 1 heterocycles. The van der Waals surface area contributed by atoms with E-state index >= 15 is 0 Å². The fraction of sp³-hybridized carbons (Fsp3) is 0.474. The molecule has 0 unspecified atom stereocenters. The molecule has 0 aromatic heterocycles. The number of esters is 2. The second-order valence-corrected chi connectivity index (χ2v) is 5.80. The largest absolute Gasteiger partial charge is 0.482 e. The summed E-state index contributed by atoms with van der Waals surface area (Å²) in [5.41, 5.74) is 0.787. The van der Waals surface area contributed by atoms with Crippen LogP contribution in [0.4, 0.5) is 5.69 Å². The molecule has 0 saturated carbocycles. The third kappa shape index (κ3) is 5.54. The van der Waals surface area contributed by atoms with E-state index in [0.717, 1.165) is 0 Å². The SMILES string of the molecule is CCOC(=O)CCC(=O)c1ccc2c(c1)N(CCC(=O)OCC)C(=O)CO2. The van der Waals surface area contributed by atoms with E-state index in [1.54, 1.807) is 32.0 Å². The number of amides is 1. The van der Waals surface area contributed by atoms with Crippen LogP contribution in [0, 0.1) is 0 Å². The van der Waals surface area contributed by atoms with Gasteiger partial charge in [0.2, 0.25) is 0 Å². The van der Waals surface area contributed by atoms with Crippen molar-refractivity contribution in [1.29, 1.82) is 0 Å². The number of rotatable bonds is 9. The second kappa shape index (κ2) is 9.70. The zero-order chi connectivity index (χ0) is 19.8. The van der Waals surface area contributed by atoms with E-state index in [0.29, 0.717) is 17.0 Å². The number of carbonyl (C=O) groups is 4. The first-order valence-corrected chi connectivity index (χ1v) is 8.87. The van der Waals surface area contributed by atoms with Gasteiger partial charge >= 0.3 is 11.9 Å². The first kappa shape index (κ1) is 20.4. The van der Waals surface area contributed by atoms with E-state index in [9.17, 15) is 19.2 Å². The van der Waals surface area contributed by atoms with Crippen LogP contribution in [0.25, 0.3) is 0 Å². The fourth-order valence-corrected chi connectivity index (χ4v) is 2.65. The molecule has 1 aliphatic heterocycles. The van der Waals surface area contributed by atoms with Gasteiger partial charge in [0.1, 0.15) is 5.75 Å². The lowest BCUT2D eigenvalue weighted by Crippen LogP contribution is -2.40. The number of ketones is 1. The number of nitrogens with zero attached hydrogens (tertiary/aromatic N) is 1. The Hall–Kier alpha value is -2.90. The van der Waals surface area contributed by atoms with E-state index in [1.807, 2.05) is 0 Å². The summed E-state index contributed by atoms with van der Waals surface area (Å²) in [6.07, 6.45) is 0.0427. The van der Waals surface area contributed by atoms with Crippen LogP contribution in [0.2, 0.25) is 0 Å². The number of ether oxygens (including phenoxy) is 3. The maximum absolute atomic E-state index is 12.4. The molecule has 0 aliphatic carbocycles. The van der Waals surface area contributed by atoms with Crippen LogP contribution in [0.15, 0.2) is 18.2 Å². The zero-order valence-corrected chi connectivity index (χ0v) is 15.5. The summed E-state index contributed by atoms with van der Waals surface area (Å²) in [6, 6.07) is 4.74. The normalized spacial score (nSPS) is 12.8. The van der Waals surface area contributed by atoms with Crippen molar-refractivity contribution < 1.29 is 33.4 Å². The van der Waals surface area contributed by atoms with Crippen molar-refractivity contribution >= 4 is 29.3 Å². The first-order valence-electron chi connectivity index (χ1n) is 8.87. The predicted octanol–water partition coefficient (Wildman–Crippen LogP) is 1.89. The lowest BCUT2D eigenvalue weighted by atomic mass is 10.0. The second-order valence-electron chi connectivity index (χ2n) is 5.80. The summed E-state index contributed by atoms with van der Waals surface area (Å²) in [5.74, 6) is -0.920. The average Bonchev–Trinajstić information content (AvgIpc) is 2.65. The third-order valence-electron chi connectivity index (χ3n) is 3.93. The standard InChI is InChI=1S/C19H23NO7/c1-3-25-18(23)8-6-15(21)13-5-7-16-14(11-13)20(17(22)12-27-16)10-9-19(24)26-4-2/h5,7,11H,3-4,6,8-10,12H2,1-2H3. The van der Waals surface area contributed by atoms with E-state index in [1.165, 1.54) is 4.90 Å². The molecule has 0 atom stereocenters. The van der Waals surface area contributed by atoms with Crippen LogP contribution in [0.3, 0.4) is 0 Å². The number of anilines is 1. The Morgan fingerprint density at radius 3 is 2.37 bits per heavy atom. The van der Waals surface area contributed by atoms with E-state index in [4.69, 9.17) is 14.2 Å². The Kier molecular flexibility index (Phi) is 7.34. The molecule has 8 nitrogen and oxygen atoms in total. The minimum Gasteiger partial charge on any atom is -0.482 e. The number of carbonyl (C=O) groups excluding carboxylic acids is 4. The topological polar surface area (TPSA) is 99.2 Å². The quantitative estimate of drug-likeness (QED) is 0.479. The Bertz CT molecular complexity index is 729. The van der Waals surface area contributed by atoms with E-state index < -0.39 is 11.9 Å². The van der Waals surface area contributed by atoms with Crippen molar-refractivity contribution in [2.24, 2.45) is 0 Å². The Morgan fingerprint density at radius 2 is 1.70 bits per heavy atom. The fourth-order valence-electron chi connectivity index (χ4n) is 2.65. The van der Waals surface area contributed by atoms with Crippen LogP contribution < -0.4 is 9.64 Å². The molecule has 0 N–H and O–H groups in total. The predicted molar refractivity (Wildman–Crippen MR) is 95.7 cm³/mol. The number of benzene rings is 1. The van der Waals surface area contributed by atoms with Crippen molar-refractivity contribution in [3.8, 4) is 5.75 Å². The molecule has 0 saturated heterocycles. The molecule has 1 aliphatic rings. The highest BCUT2D eigenvalue weighted by molar-refractivity contribution is 6.02. The number of fused-ring (bicyclic) bond motifs is 1. The zero-order valence-electron chi connectivity index (χ0n) is 15.5. The molecular weight excluding hydrogens is 354 g/mol. The van der Waals surface area contributed by atoms with Crippen LogP contribution in [-0.4, -0.2) is 50.0 Å². The van der Waals surface area contributed by atoms with Gasteiger partial charge in [-0.05, 0) is 32.0 Å². The monoisotopic (exact) mass is 377 g/mol. The highest BCUT2D eigenvalue weighted by Gasteiger charge is 2.27. The summed E-state index contributed by atoms with van der Waals surface area (Å²) in [4.78, 5) is 49.0. The highest BCUT2D eigenvalue weighted by Crippen LogP contribution is 2.33. The van der Waals surface area contributed by atoms with Gasteiger partial charge in [0.25, 0.3) is 5.91 Å². The molecule has 0 radical (unpaired) electrons. The maximum Gasteiger partial charge on any atom is 0.307 e. The van der Waals surface area contributed by atoms with Gasteiger partial charge in [0, 0.05) is 18.5 Å². The maximum atomic E-state index is 12.4. The van der Waals surface area contributed by atoms with E-state index in [2.05, 4.69) is 0 Å². The number of Topliss-reactive ketones (excluding diaryl/α,β-unsaturated/α-hetero) is 1. The van der Waals surface area contributed by atoms with Crippen molar-refractivity contribution in [2.45, 2.75) is 33.1 Å². The molecule has 2 rings (SSSR count). The first-order chi connectivity index (χ1) is 13.0. The Morgan fingerprint density at radius 1 is 1.04 bits per heavy atom. The molecule has 0 bridgehead atoms. The Labute approximate surface area is 157 Å². The molecule has 8 heteroatoms. The van der Waals surface area contributed by atoms with Gasteiger partial charge in [-0.3, -0.25) is 19.2 Å². The lowest BCUT2D eigenvalue weighted by molar-refractivity contribution is -0.143. The van der Waals surface area contributed by atoms with Gasteiger partial charge < -0.3 is 19.1 Å². The molecule has 1 aromatic carbocycles. The number of hydrogen-bond acceptors (Lipinski definition) is 7. The smallest absolute Gasteiger partial charge is 0.307 e. The van der Waals surface area contributed by atoms with Gasteiger partial charge in [-0.25, -0.2) is 0 Å². The summed E-state index contributed by atoms with van der Waals surface area (Å²) in [7, 11) is 0. The van der Waals surface area contributed by atoms with Crippen molar-refractivity contribution in [3.05, 3.63) is 23.8 Å². The van der Waals surface area contributed by atoms with Crippen LogP contribution >= 0.6 is 0 Å². The van der Waals surface area contributed by atoms with Gasteiger partial charge in [0.15, 0.2) is 12.4 Å². The summed E-state index contributed by atoms with van der Waals surface area (Å²) < 4.78 is 15.1. The van der Waals surface area contributed by atoms with E-state index in [-0.39, 0.29) is 57.3 Å². The van der Waals surface area contributed by atoms with Crippen LogP contribution in [-0.2, 0) is 23.9 Å². The number of hydrogen-bond donors (Lipinski definition) is 0. The molecule has 146 valence electrons. The average molecular weight is 377 g/mol. The minimum atomic E-state index is -0.432. The van der Waals surface area contributed by atoms with Gasteiger partial charge in [-0.15, -0.1) is 0 Å². The summed E-state index contributed by atoms with van der Waals surface area (Å²) in [5, 5.41) is 0. The molecule has 0 spiro atoms. The highest BCUT2D eigenvalue weighted by atomic mass is 16.5. The van der Waals surface area contributed by atoms with Crippen molar-refractivity contribution in [3.63, 3.8) is 0 Å². The molecule has 1 amide bonds. The van der Waals surface area contributed by atoms with Crippen molar-refractivity contribution in [1.82, 2.24) is 0 Å². The van der Waals surface area contributed by atoms with Crippen molar-refractivity contribution in [2.75, 3.05) is 31.3 Å². The van der Waals surface area contributed by atoms with Gasteiger partial charge in [-0.1, -0.05) is 0 Å².